The van der Waals surface area contributed by atoms with Crippen LogP contribution in [0, 0.1) is 6.92 Å². The lowest BCUT2D eigenvalue weighted by atomic mass is 10.0. The van der Waals surface area contributed by atoms with Crippen LogP contribution >= 0.6 is 11.6 Å². The van der Waals surface area contributed by atoms with Crippen LogP contribution in [0.5, 0.6) is 11.5 Å². The number of sulfonamides is 1. The number of rotatable bonds is 6. The van der Waals surface area contributed by atoms with Crippen LogP contribution in [0.3, 0.4) is 0 Å². The second kappa shape index (κ2) is 10.5. The molecule has 40 heavy (non-hydrogen) atoms. The van der Waals surface area contributed by atoms with Crippen LogP contribution in [0.15, 0.2) is 95.9 Å². The first-order chi connectivity index (χ1) is 18.9. The highest BCUT2D eigenvalue weighted by atomic mass is 35.5. The van der Waals surface area contributed by atoms with Gasteiger partial charge in [-0.25, -0.2) is 17.5 Å². The molecule has 1 atom stereocenters. The average molecular weight is 587 g/mol. The number of benzene rings is 4. The zero-order valence-electron chi connectivity index (χ0n) is 20.9. The number of nitrogens with one attached hydrogen (secondary N) is 1. The fourth-order valence-corrected chi connectivity index (χ4v) is 5.89. The molecule has 1 aliphatic heterocycles. The molecule has 0 radical (unpaired) electrons. The van der Waals surface area contributed by atoms with Crippen molar-refractivity contribution in [1.82, 2.24) is 9.62 Å². The third-order valence-electron chi connectivity index (χ3n) is 6.50. The summed E-state index contributed by atoms with van der Waals surface area (Å²) in [4.78, 5) is 12.6. The van der Waals surface area contributed by atoms with Gasteiger partial charge in [0.25, 0.3) is 10.0 Å². The predicted octanol–water partition coefficient (Wildman–Crippen LogP) is 7.58. The van der Waals surface area contributed by atoms with E-state index in [1.165, 1.54) is 24.3 Å². The molecule has 1 N–H and O–H groups in total. The molecule has 1 saturated heterocycles. The fraction of sp³-hybridized carbons (Fsp3) is 0.138. The molecule has 0 spiro atoms. The van der Waals surface area contributed by atoms with Gasteiger partial charge in [0.15, 0.2) is 0 Å². The summed E-state index contributed by atoms with van der Waals surface area (Å²) < 4.78 is 72.9. The lowest BCUT2D eigenvalue weighted by Crippen LogP contribution is -2.34. The molecular formula is C29H22ClF3N2O4S. The highest BCUT2D eigenvalue weighted by Gasteiger charge is 2.40. The number of amides is 2. The summed E-state index contributed by atoms with van der Waals surface area (Å²) in [5, 5.41) is 3.07. The van der Waals surface area contributed by atoms with Gasteiger partial charge in [-0.1, -0.05) is 41.9 Å². The molecule has 1 heterocycles. The summed E-state index contributed by atoms with van der Waals surface area (Å²) in [6.45, 7) is 1.48. The van der Waals surface area contributed by atoms with Gasteiger partial charge in [0.05, 0.1) is 23.0 Å². The van der Waals surface area contributed by atoms with Gasteiger partial charge in [0, 0.05) is 5.02 Å². The van der Waals surface area contributed by atoms with E-state index in [-0.39, 0.29) is 17.0 Å². The van der Waals surface area contributed by atoms with Gasteiger partial charge in [-0.3, -0.25) is 0 Å². The van der Waals surface area contributed by atoms with E-state index in [1.54, 1.807) is 54.6 Å². The number of hydrogen-bond acceptors (Lipinski definition) is 4. The van der Waals surface area contributed by atoms with Crippen LogP contribution in [0.2, 0.25) is 5.02 Å². The number of alkyl halides is 3. The first-order valence-corrected chi connectivity index (χ1v) is 13.9. The van der Waals surface area contributed by atoms with Gasteiger partial charge in [0.2, 0.25) is 0 Å². The molecule has 4 aromatic carbocycles. The highest BCUT2D eigenvalue weighted by Crippen LogP contribution is 2.34. The van der Waals surface area contributed by atoms with E-state index in [2.05, 4.69) is 5.32 Å². The lowest BCUT2D eigenvalue weighted by Gasteiger charge is -2.17. The van der Waals surface area contributed by atoms with Crippen LogP contribution in [0.25, 0.3) is 11.1 Å². The highest BCUT2D eigenvalue weighted by molar-refractivity contribution is 7.89. The molecule has 1 aliphatic rings. The number of aryl methyl sites for hydroxylation is 1. The average Bonchev–Trinajstić information content (AvgIpc) is 3.33. The molecule has 0 aromatic heterocycles. The number of carbonyl (C=O) groups excluding carboxylic acids is 1. The van der Waals surface area contributed by atoms with Crippen LogP contribution in [-0.2, 0) is 16.2 Å². The largest absolute Gasteiger partial charge is 0.457 e. The molecule has 0 aliphatic carbocycles. The third kappa shape index (κ3) is 5.64. The van der Waals surface area contributed by atoms with Gasteiger partial charge in [-0.2, -0.15) is 13.2 Å². The van der Waals surface area contributed by atoms with E-state index in [0.29, 0.717) is 26.4 Å². The number of nitrogens with zero attached hydrogens (tertiary/aromatic N) is 1. The van der Waals surface area contributed by atoms with Crippen molar-refractivity contribution in [2.45, 2.75) is 24.0 Å². The minimum absolute atomic E-state index is 0.116. The number of hydrogen-bond donors (Lipinski definition) is 1. The van der Waals surface area contributed by atoms with Crippen LogP contribution in [0.4, 0.5) is 18.0 Å². The summed E-state index contributed by atoms with van der Waals surface area (Å²) in [6.07, 6.45) is -4.57. The van der Waals surface area contributed by atoms with E-state index in [9.17, 15) is 26.4 Å². The Balaban J connectivity index is 1.38. The van der Waals surface area contributed by atoms with Gasteiger partial charge >= 0.3 is 12.2 Å². The fourth-order valence-electron chi connectivity index (χ4n) is 4.38. The maximum Gasteiger partial charge on any atom is 0.416 e. The van der Waals surface area contributed by atoms with Crippen molar-refractivity contribution < 1.29 is 31.1 Å². The summed E-state index contributed by atoms with van der Waals surface area (Å²) in [5.41, 5.74) is 1.44. The maximum atomic E-state index is 13.5. The molecule has 0 bridgehead atoms. The quantitative estimate of drug-likeness (QED) is 0.253. The minimum Gasteiger partial charge on any atom is -0.457 e. The van der Waals surface area contributed by atoms with Gasteiger partial charge in [-0.15, -0.1) is 0 Å². The molecule has 11 heteroatoms. The number of carbonyl (C=O) groups is 1. The third-order valence-corrected chi connectivity index (χ3v) is 8.50. The Labute approximate surface area is 234 Å². The summed E-state index contributed by atoms with van der Waals surface area (Å²) in [6, 6.07) is 21.1. The first-order valence-electron chi connectivity index (χ1n) is 12.1. The van der Waals surface area contributed by atoms with E-state index >= 15 is 0 Å². The Kier molecular flexibility index (Phi) is 7.24. The van der Waals surface area contributed by atoms with Crippen molar-refractivity contribution >= 4 is 27.7 Å². The Morgan fingerprint density at radius 3 is 2.23 bits per heavy atom. The molecule has 0 saturated carbocycles. The standard InChI is InChI=1S/C29H22ClF3N2O4S/c1-18-5-14-25(16-26(18)19-6-10-23(11-7-19)39-24-12-8-22(30)9-13-24)40(37,38)35-17-27(34-28(35)36)20-3-2-4-21(15-20)29(31,32)33/h2-16,27H,17H2,1H3,(H,34,36). The van der Waals surface area contributed by atoms with E-state index in [1.807, 2.05) is 6.92 Å². The van der Waals surface area contributed by atoms with Crippen LogP contribution < -0.4 is 10.1 Å². The molecular weight excluding hydrogens is 565 g/mol. The monoisotopic (exact) mass is 586 g/mol. The summed E-state index contributed by atoms with van der Waals surface area (Å²) in [5.74, 6) is 1.18. The molecule has 2 amide bonds. The second-order valence-corrected chi connectivity index (χ2v) is 11.5. The molecule has 5 rings (SSSR count). The van der Waals surface area contributed by atoms with E-state index < -0.39 is 33.8 Å². The number of ether oxygens (including phenoxy) is 1. The lowest BCUT2D eigenvalue weighted by molar-refractivity contribution is -0.137. The van der Waals surface area contributed by atoms with Crippen molar-refractivity contribution in [1.29, 1.82) is 0 Å². The molecule has 4 aromatic rings. The topological polar surface area (TPSA) is 75.7 Å². The zero-order chi connectivity index (χ0) is 28.7. The summed E-state index contributed by atoms with van der Waals surface area (Å²) in [7, 11) is -4.30. The Morgan fingerprint density at radius 2 is 1.57 bits per heavy atom. The van der Waals surface area contributed by atoms with Gasteiger partial charge in [0.1, 0.15) is 11.5 Å². The molecule has 1 fully saturated rings. The van der Waals surface area contributed by atoms with Crippen molar-refractivity contribution in [3.8, 4) is 22.6 Å². The SMILES string of the molecule is Cc1ccc(S(=O)(=O)N2CC(c3cccc(C(F)(F)F)c3)NC2=O)cc1-c1ccc(Oc2ccc(Cl)cc2)cc1. The van der Waals surface area contributed by atoms with E-state index in [0.717, 1.165) is 23.3 Å². The van der Waals surface area contributed by atoms with Crippen LogP contribution in [0.1, 0.15) is 22.7 Å². The minimum atomic E-state index is -4.57. The van der Waals surface area contributed by atoms with Crippen LogP contribution in [-0.4, -0.2) is 25.3 Å². The Hall–Kier alpha value is -4.02. The molecule has 206 valence electrons. The number of halogens is 4. The first kappa shape index (κ1) is 27.5. The summed E-state index contributed by atoms with van der Waals surface area (Å²) >= 11 is 5.91. The van der Waals surface area contributed by atoms with Crippen molar-refractivity contribution in [3.63, 3.8) is 0 Å². The van der Waals surface area contributed by atoms with Gasteiger partial charge < -0.3 is 10.1 Å². The Morgan fingerprint density at radius 1 is 0.925 bits per heavy atom. The van der Waals surface area contributed by atoms with Gasteiger partial charge in [-0.05, 0) is 89.8 Å². The second-order valence-electron chi connectivity index (χ2n) is 9.22. The smallest absolute Gasteiger partial charge is 0.416 e. The maximum absolute atomic E-state index is 13.5. The zero-order valence-corrected chi connectivity index (χ0v) is 22.5. The van der Waals surface area contributed by atoms with E-state index in [4.69, 9.17) is 16.3 Å². The van der Waals surface area contributed by atoms with Crippen molar-refractivity contribution in [2.24, 2.45) is 0 Å². The van der Waals surface area contributed by atoms with Crippen molar-refractivity contribution in [2.75, 3.05) is 6.54 Å². The predicted molar refractivity (Wildman–Crippen MR) is 145 cm³/mol. The normalized spacial score (nSPS) is 15.7. The Bertz CT molecular complexity index is 1680. The number of urea groups is 1. The molecule has 6 nitrogen and oxygen atoms in total. The molecule has 1 unspecified atom stereocenters. The van der Waals surface area contributed by atoms with Crippen molar-refractivity contribution in [3.05, 3.63) is 113 Å².